The Kier molecular flexibility index (Phi) is 5.95. The number of carbonyl (C=O) groups is 3. The van der Waals surface area contributed by atoms with Crippen molar-refractivity contribution >= 4 is 41.0 Å². The highest BCUT2D eigenvalue weighted by atomic mass is 32.2. The maximum Gasteiger partial charge on any atom is 0.327 e. The summed E-state index contributed by atoms with van der Waals surface area (Å²) in [6, 6.07) is 9.26. The van der Waals surface area contributed by atoms with Crippen molar-refractivity contribution in [1.29, 1.82) is 0 Å². The quantitative estimate of drug-likeness (QED) is 0.601. The first kappa shape index (κ1) is 23.1. The van der Waals surface area contributed by atoms with Crippen LogP contribution in [0.3, 0.4) is 0 Å². The fourth-order valence-corrected chi connectivity index (χ4v) is 6.88. The third-order valence-electron chi connectivity index (χ3n) is 7.72. The molecule has 0 radical (unpaired) electrons. The van der Waals surface area contributed by atoms with E-state index in [1.54, 1.807) is 16.0 Å². The average Bonchev–Trinajstić information content (AvgIpc) is 3.22. The number of urea groups is 1. The van der Waals surface area contributed by atoms with Crippen molar-refractivity contribution in [3.05, 3.63) is 60.3 Å². The molecule has 36 heavy (non-hydrogen) atoms. The molecule has 4 amide bonds. The van der Waals surface area contributed by atoms with Gasteiger partial charge in [0.1, 0.15) is 10.3 Å². The molecule has 2 unspecified atom stereocenters. The Balaban J connectivity index is 1.24. The zero-order chi connectivity index (χ0) is 24.8. The molecule has 1 aromatic carbocycles. The summed E-state index contributed by atoms with van der Waals surface area (Å²) in [6.45, 7) is 4.70. The van der Waals surface area contributed by atoms with E-state index in [1.807, 2.05) is 18.2 Å². The number of carbonyl (C=O) groups excluding carboxylic acids is 3. The van der Waals surface area contributed by atoms with E-state index in [4.69, 9.17) is 0 Å². The Morgan fingerprint density at radius 1 is 1.19 bits per heavy atom. The molecule has 8 nitrogen and oxygen atoms in total. The van der Waals surface area contributed by atoms with Gasteiger partial charge in [-0.25, -0.2) is 9.78 Å². The fourth-order valence-electron chi connectivity index (χ4n) is 5.65. The monoisotopic (exact) mass is 503 g/mol. The lowest BCUT2D eigenvalue weighted by molar-refractivity contribution is -0.129. The van der Waals surface area contributed by atoms with E-state index < -0.39 is 11.3 Å². The minimum Gasteiger partial charge on any atom is -0.351 e. The SMILES string of the molecule is C=CC(=O)N1CCCC(NC(=O)[C@@H]2Sc3nccc4c3C2NC(=O)N4c2cccc(C3CCC3)c2)C1. The number of nitrogens with zero attached hydrogens (tertiary/aromatic N) is 3. The maximum absolute atomic E-state index is 13.4. The Morgan fingerprint density at radius 3 is 2.83 bits per heavy atom. The molecule has 3 aliphatic heterocycles. The number of anilines is 2. The number of rotatable bonds is 5. The number of nitrogens with one attached hydrogen (secondary N) is 2. The van der Waals surface area contributed by atoms with Crippen molar-refractivity contribution in [1.82, 2.24) is 20.5 Å². The molecule has 1 aliphatic carbocycles. The fraction of sp³-hybridized carbons (Fsp3) is 0.407. The summed E-state index contributed by atoms with van der Waals surface area (Å²) in [6.07, 6.45) is 8.28. The van der Waals surface area contributed by atoms with Gasteiger partial charge in [-0.05, 0) is 61.4 Å². The van der Waals surface area contributed by atoms with Gasteiger partial charge >= 0.3 is 6.03 Å². The van der Waals surface area contributed by atoms with Crippen LogP contribution < -0.4 is 15.5 Å². The third kappa shape index (κ3) is 3.95. The second-order valence-corrected chi connectivity index (χ2v) is 11.0. The highest BCUT2D eigenvalue weighted by Crippen LogP contribution is 2.51. The first-order valence-corrected chi connectivity index (χ1v) is 13.5. The van der Waals surface area contributed by atoms with Crippen LogP contribution in [-0.4, -0.2) is 52.1 Å². The topological polar surface area (TPSA) is 94.6 Å². The summed E-state index contributed by atoms with van der Waals surface area (Å²) < 4.78 is 0. The van der Waals surface area contributed by atoms with Gasteiger partial charge in [0.15, 0.2) is 0 Å². The molecule has 9 heteroatoms. The molecular formula is C27H29N5O3S. The molecule has 1 saturated carbocycles. The van der Waals surface area contributed by atoms with Gasteiger partial charge < -0.3 is 15.5 Å². The Bertz CT molecular complexity index is 1250. The van der Waals surface area contributed by atoms with E-state index in [0.717, 1.165) is 34.8 Å². The highest BCUT2D eigenvalue weighted by molar-refractivity contribution is 8.01. The Hall–Kier alpha value is -3.33. The number of thioether (sulfide) groups is 1. The van der Waals surface area contributed by atoms with E-state index >= 15 is 0 Å². The van der Waals surface area contributed by atoms with Gasteiger partial charge in [0.2, 0.25) is 11.8 Å². The predicted molar refractivity (Wildman–Crippen MR) is 138 cm³/mol. The number of hydrogen-bond donors (Lipinski definition) is 2. The second kappa shape index (κ2) is 9.28. The summed E-state index contributed by atoms with van der Waals surface area (Å²) in [5.41, 5.74) is 3.77. The molecule has 4 heterocycles. The van der Waals surface area contributed by atoms with E-state index in [2.05, 4.69) is 34.3 Å². The number of pyridine rings is 1. The normalized spacial score (nSPS) is 25.0. The molecule has 2 aromatic rings. The van der Waals surface area contributed by atoms with Crippen molar-refractivity contribution in [2.24, 2.45) is 0 Å². The molecular weight excluding hydrogens is 474 g/mol. The molecule has 6 rings (SSSR count). The van der Waals surface area contributed by atoms with Gasteiger partial charge in [-0.1, -0.05) is 36.9 Å². The summed E-state index contributed by atoms with van der Waals surface area (Å²) >= 11 is 1.39. The number of aromatic nitrogens is 1. The Labute approximate surface area is 214 Å². The molecule has 0 bridgehead atoms. The lowest BCUT2D eigenvalue weighted by atomic mass is 9.80. The van der Waals surface area contributed by atoms with Crippen molar-refractivity contribution in [3.63, 3.8) is 0 Å². The highest BCUT2D eigenvalue weighted by Gasteiger charge is 2.47. The van der Waals surface area contributed by atoms with Crippen LogP contribution in [0.25, 0.3) is 0 Å². The van der Waals surface area contributed by atoms with E-state index in [-0.39, 0.29) is 23.9 Å². The Morgan fingerprint density at radius 2 is 2.06 bits per heavy atom. The zero-order valence-electron chi connectivity index (χ0n) is 20.0. The van der Waals surface area contributed by atoms with Gasteiger partial charge in [-0.15, -0.1) is 0 Å². The lowest BCUT2D eigenvalue weighted by Crippen LogP contribution is -2.53. The molecule has 186 valence electrons. The largest absolute Gasteiger partial charge is 0.351 e. The van der Waals surface area contributed by atoms with Crippen LogP contribution in [0, 0.1) is 0 Å². The number of likely N-dealkylation sites (tertiary alicyclic amines) is 1. The number of benzene rings is 1. The minimum atomic E-state index is -0.522. The first-order chi connectivity index (χ1) is 17.5. The van der Waals surface area contributed by atoms with Crippen LogP contribution in [0.4, 0.5) is 16.2 Å². The zero-order valence-corrected chi connectivity index (χ0v) is 20.8. The molecule has 3 atom stereocenters. The first-order valence-electron chi connectivity index (χ1n) is 12.6. The van der Waals surface area contributed by atoms with Crippen LogP contribution in [0.5, 0.6) is 0 Å². The van der Waals surface area contributed by atoms with E-state index in [0.29, 0.717) is 19.0 Å². The number of piperidine rings is 1. The maximum atomic E-state index is 13.4. The summed E-state index contributed by atoms with van der Waals surface area (Å²) in [5, 5.41) is 6.46. The molecule has 1 saturated heterocycles. The van der Waals surface area contributed by atoms with Gasteiger partial charge in [-0.3, -0.25) is 14.5 Å². The van der Waals surface area contributed by atoms with Crippen molar-refractivity contribution < 1.29 is 14.4 Å². The molecule has 1 aromatic heterocycles. The molecule has 2 fully saturated rings. The van der Waals surface area contributed by atoms with Gasteiger partial charge in [0.05, 0.1) is 17.4 Å². The molecule has 2 N–H and O–H groups in total. The van der Waals surface area contributed by atoms with Crippen LogP contribution in [0.1, 0.15) is 55.2 Å². The van der Waals surface area contributed by atoms with Gasteiger partial charge in [-0.2, -0.15) is 0 Å². The van der Waals surface area contributed by atoms with E-state index in [1.165, 1.54) is 42.7 Å². The predicted octanol–water partition coefficient (Wildman–Crippen LogP) is 4.02. The summed E-state index contributed by atoms with van der Waals surface area (Å²) in [5.74, 6) is 0.300. The van der Waals surface area contributed by atoms with E-state index in [9.17, 15) is 14.4 Å². The molecule has 0 spiro atoms. The van der Waals surface area contributed by atoms with Crippen molar-refractivity contribution in [2.45, 2.75) is 60.4 Å². The van der Waals surface area contributed by atoms with Crippen LogP contribution in [0.2, 0.25) is 0 Å². The minimum absolute atomic E-state index is 0.119. The number of hydrogen-bond acceptors (Lipinski definition) is 5. The van der Waals surface area contributed by atoms with Gasteiger partial charge in [0, 0.05) is 30.9 Å². The average molecular weight is 504 g/mol. The number of amides is 4. The van der Waals surface area contributed by atoms with Crippen LogP contribution in [0.15, 0.2) is 54.2 Å². The molecule has 4 aliphatic rings. The smallest absolute Gasteiger partial charge is 0.327 e. The van der Waals surface area contributed by atoms with Crippen LogP contribution >= 0.6 is 11.8 Å². The van der Waals surface area contributed by atoms with Crippen molar-refractivity contribution in [3.8, 4) is 0 Å². The third-order valence-corrected chi connectivity index (χ3v) is 9.01. The summed E-state index contributed by atoms with van der Waals surface area (Å²) in [7, 11) is 0. The second-order valence-electron chi connectivity index (χ2n) is 9.91. The van der Waals surface area contributed by atoms with Crippen LogP contribution in [-0.2, 0) is 9.59 Å². The summed E-state index contributed by atoms with van der Waals surface area (Å²) in [4.78, 5) is 46.8. The lowest BCUT2D eigenvalue weighted by Gasteiger charge is -2.36. The van der Waals surface area contributed by atoms with Crippen molar-refractivity contribution in [2.75, 3.05) is 18.0 Å². The van der Waals surface area contributed by atoms with Gasteiger partial charge in [0.25, 0.3) is 0 Å². The standard InChI is InChI=1S/C27H29N5O3S/c1-2-21(33)31-13-5-9-18(15-31)29-25(34)24-23-22-20(11-12-28-26(22)36-24)32(27(35)30-23)19-10-4-8-17(14-19)16-6-3-7-16/h2,4,8,10-12,14,16,18,23-24H,1,3,5-7,9,13,15H2,(H,29,34)(H,30,35)/t18?,23?,24-/m1/s1.